The Labute approximate surface area is 97.6 Å². The number of hydrogen-bond donors (Lipinski definition) is 3. The molecule has 0 unspecified atom stereocenters. The first-order valence-corrected chi connectivity index (χ1v) is 5.98. The van der Waals surface area contributed by atoms with E-state index in [1.807, 2.05) is 0 Å². The topological polar surface area (TPSA) is 115 Å². The number of amides is 2. The van der Waals surface area contributed by atoms with Crippen LogP contribution in [0, 0.1) is 6.92 Å². The maximum Gasteiger partial charge on any atom is 0.326 e. The van der Waals surface area contributed by atoms with E-state index in [1.165, 1.54) is 19.1 Å². The number of nitrogens with two attached hydrogens (primary N) is 2. The highest BCUT2D eigenvalue weighted by Gasteiger charge is 2.19. The van der Waals surface area contributed by atoms with Crippen LogP contribution in [0.4, 0.5) is 10.5 Å². The van der Waals surface area contributed by atoms with Gasteiger partial charge in [-0.3, -0.25) is 0 Å². The molecule has 2 amide bonds. The predicted octanol–water partition coefficient (Wildman–Crippen LogP) is 0.588. The van der Waals surface area contributed by atoms with Gasteiger partial charge in [-0.25, -0.2) is 17.9 Å². The Morgan fingerprint density at radius 2 is 2.00 bits per heavy atom. The summed E-state index contributed by atoms with van der Waals surface area (Å²) in [5.41, 5.74) is 10.7. The van der Waals surface area contributed by atoms with Crippen molar-refractivity contribution < 1.29 is 13.2 Å². The molecular weight excluding hydrogens is 254 g/mol. The fourth-order valence-corrected chi connectivity index (χ4v) is 2.50. The number of primary amides is 1. The maximum absolute atomic E-state index is 11.6. The van der Waals surface area contributed by atoms with Gasteiger partial charge in [0.1, 0.15) is 0 Å². The van der Waals surface area contributed by atoms with Crippen LogP contribution in [0.3, 0.4) is 0 Å². The molecule has 5 N–H and O–H groups in total. The molecule has 0 heterocycles. The zero-order valence-corrected chi connectivity index (χ0v) is 9.89. The van der Waals surface area contributed by atoms with Crippen molar-refractivity contribution in [1.82, 2.24) is 4.72 Å². The first-order chi connectivity index (χ1) is 7.24. The first-order valence-electron chi connectivity index (χ1n) is 4.12. The standard InChI is InChI=1S/C8H10ClN3O3S/c1-4-2-5(9)6(10)3-7(4)16(14,15)12-8(11)13/h2-3H,10H2,1H3,(H3,11,12,13). The van der Waals surface area contributed by atoms with E-state index in [9.17, 15) is 13.2 Å². The molecule has 16 heavy (non-hydrogen) atoms. The van der Waals surface area contributed by atoms with E-state index in [1.54, 1.807) is 4.72 Å². The lowest BCUT2D eigenvalue weighted by Crippen LogP contribution is -2.35. The molecule has 0 spiro atoms. The van der Waals surface area contributed by atoms with Crippen molar-refractivity contribution in [3.8, 4) is 0 Å². The summed E-state index contributed by atoms with van der Waals surface area (Å²) in [6.07, 6.45) is 0. The number of benzene rings is 1. The Kier molecular flexibility index (Phi) is 3.30. The second-order valence-corrected chi connectivity index (χ2v) is 5.17. The zero-order valence-electron chi connectivity index (χ0n) is 8.32. The van der Waals surface area contributed by atoms with Crippen LogP contribution in [-0.4, -0.2) is 14.4 Å². The normalized spacial score (nSPS) is 11.1. The van der Waals surface area contributed by atoms with Gasteiger partial charge in [-0.15, -0.1) is 0 Å². The molecule has 0 radical (unpaired) electrons. The largest absolute Gasteiger partial charge is 0.397 e. The van der Waals surface area contributed by atoms with Crippen LogP contribution in [0.25, 0.3) is 0 Å². The highest BCUT2D eigenvalue weighted by molar-refractivity contribution is 7.90. The van der Waals surface area contributed by atoms with Crippen molar-refractivity contribution in [3.05, 3.63) is 22.7 Å². The summed E-state index contributed by atoms with van der Waals surface area (Å²) in [7, 11) is -3.99. The van der Waals surface area contributed by atoms with E-state index in [0.717, 1.165) is 0 Å². The van der Waals surface area contributed by atoms with E-state index >= 15 is 0 Å². The second kappa shape index (κ2) is 4.18. The molecule has 0 aliphatic carbocycles. The molecule has 0 bridgehead atoms. The maximum atomic E-state index is 11.6. The van der Waals surface area contributed by atoms with E-state index in [0.29, 0.717) is 5.56 Å². The van der Waals surface area contributed by atoms with Gasteiger partial charge in [-0.2, -0.15) is 0 Å². The van der Waals surface area contributed by atoms with Gasteiger partial charge in [0, 0.05) is 0 Å². The van der Waals surface area contributed by atoms with Crippen LogP contribution < -0.4 is 16.2 Å². The quantitative estimate of drug-likeness (QED) is 0.677. The smallest absolute Gasteiger partial charge is 0.326 e. The number of carbonyl (C=O) groups is 1. The molecule has 88 valence electrons. The number of aryl methyl sites for hydroxylation is 1. The van der Waals surface area contributed by atoms with E-state index < -0.39 is 16.1 Å². The van der Waals surface area contributed by atoms with Crippen molar-refractivity contribution in [2.24, 2.45) is 5.73 Å². The minimum Gasteiger partial charge on any atom is -0.397 e. The number of nitrogen functional groups attached to an aromatic ring is 1. The number of halogens is 1. The van der Waals surface area contributed by atoms with Gasteiger partial charge in [0.25, 0.3) is 10.0 Å². The molecule has 0 saturated heterocycles. The third-order valence-corrected chi connectivity index (χ3v) is 3.63. The third-order valence-electron chi connectivity index (χ3n) is 1.82. The van der Waals surface area contributed by atoms with E-state index in [4.69, 9.17) is 23.1 Å². The summed E-state index contributed by atoms with van der Waals surface area (Å²) in [6.45, 7) is 1.53. The van der Waals surface area contributed by atoms with Gasteiger partial charge in [-0.05, 0) is 24.6 Å². The Bertz CT molecular complexity index is 542. The van der Waals surface area contributed by atoms with Gasteiger partial charge in [0.2, 0.25) is 0 Å². The van der Waals surface area contributed by atoms with Gasteiger partial charge >= 0.3 is 6.03 Å². The number of hydrogen-bond acceptors (Lipinski definition) is 4. The summed E-state index contributed by atoms with van der Waals surface area (Å²) < 4.78 is 24.9. The molecule has 0 aromatic heterocycles. The van der Waals surface area contributed by atoms with Crippen LogP contribution in [0.5, 0.6) is 0 Å². The molecule has 1 aromatic carbocycles. The van der Waals surface area contributed by atoms with Crippen molar-refractivity contribution in [3.63, 3.8) is 0 Å². The lowest BCUT2D eigenvalue weighted by Gasteiger charge is -2.09. The van der Waals surface area contributed by atoms with Crippen LogP contribution in [-0.2, 0) is 10.0 Å². The van der Waals surface area contributed by atoms with Crippen LogP contribution in [0.15, 0.2) is 17.0 Å². The fourth-order valence-electron chi connectivity index (χ4n) is 1.15. The zero-order chi connectivity index (χ0) is 12.5. The average Bonchev–Trinajstić information content (AvgIpc) is 2.08. The summed E-state index contributed by atoms with van der Waals surface area (Å²) in [4.78, 5) is 10.4. The van der Waals surface area contributed by atoms with Crippen LogP contribution in [0.2, 0.25) is 5.02 Å². The molecule has 0 saturated carbocycles. The predicted molar refractivity (Wildman–Crippen MR) is 60.5 cm³/mol. The van der Waals surface area contributed by atoms with Gasteiger partial charge in [0.15, 0.2) is 0 Å². The Morgan fingerprint density at radius 1 is 1.44 bits per heavy atom. The molecule has 0 fully saturated rings. The van der Waals surface area contributed by atoms with Crippen LogP contribution in [0.1, 0.15) is 5.56 Å². The molecule has 0 aliphatic heterocycles. The molecule has 0 aliphatic rings. The van der Waals surface area contributed by atoms with E-state index in [2.05, 4.69) is 0 Å². The average molecular weight is 264 g/mol. The molecular formula is C8H10ClN3O3S. The summed E-state index contributed by atoms with van der Waals surface area (Å²) in [5, 5.41) is 0.246. The SMILES string of the molecule is Cc1cc(Cl)c(N)cc1S(=O)(=O)NC(N)=O. The number of carbonyl (C=O) groups excluding carboxylic acids is 1. The first kappa shape index (κ1) is 12.6. The fraction of sp³-hybridized carbons (Fsp3) is 0.125. The number of anilines is 1. The van der Waals surface area contributed by atoms with Gasteiger partial charge in [0.05, 0.1) is 15.6 Å². The molecule has 8 heteroatoms. The number of rotatable bonds is 2. The minimum atomic E-state index is -3.99. The van der Waals surface area contributed by atoms with Gasteiger partial charge < -0.3 is 11.5 Å². The Morgan fingerprint density at radius 3 is 2.50 bits per heavy atom. The monoisotopic (exact) mass is 263 g/mol. The number of nitrogens with one attached hydrogen (secondary N) is 1. The van der Waals surface area contributed by atoms with Gasteiger partial charge in [-0.1, -0.05) is 11.6 Å². The van der Waals surface area contributed by atoms with Crippen molar-refractivity contribution in [2.45, 2.75) is 11.8 Å². The summed E-state index contributed by atoms with van der Waals surface area (Å²) in [5.74, 6) is 0. The van der Waals surface area contributed by atoms with Crippen molar-refractivity contribution in [1.29, 1.82) is 0 Å². The summed E-state index contributed by atoms with van der Waals surface area (Å²) >= 11 is 5.71. The molecule has 1 aromatic rings. The highest BCUT2D eigenvalue weighted by atomic mass is 35.5. The number of urea groups is 1. The summed E-state index contributed by atoms with van der Waals surface area (Å²) in [6, 6.07) is 1.41. The van der Waals surface area contributed by atoms with Crippen LogP contribution >= 0.6 is 11.6 Å². The Hall–Kier alpha value is -1.47. The molecule has 1 rings (SSSR count). The lowest BCUT2D eigenvalue weighted by molar-refractivity contribution is 0.253. The van der Waals surface area contributed by atoms with Crippen molar-refractivity contribution >= 4 is 33.3 Å². The van der Waals surface area contributed by atoms with E-state index in [-0.39, 0.29) is 15.6 Å². The lowest BCUT2D eigenvalue weighted by atomic mass is 10.2. The Balaban J connectivity index is 3.34. The number of sulfonamides is 1. The second-order valence-electron chi connectivity index (χ2n) is 3.11. The minimum absolute atomic E-state index is 0.108. The highest BCUT2D eigenvalue weighted by Crippen LogP contribution is 2.25. The van der Waals surface area contributed by atoms with Crippen molar-refractivity contribution in [2.75, 3.05) is 5.73 Å². The molecule has 0 atom stereocenters. The third kappa shape index (κ3) is 2.56. The molecule has 6 nitrogen and oxygen atoms in total.